The van der Waals surface area contributed by atoms with Crippen LogP contribution in [0.4, 0.5) is 0 Å². The lowest BCUT2D eigenvalue weighted by Gasteiger charge is -2.09. The monoisotopic (exact) mass is 153 g/mol. The quantitative estimate of drug-likeness (QED) is 0.664. The average Bonchev–Trinajstić information content (AvgIpc) is 2.39. The van der Waals surface area contributed by atoms with Crippen molar-refractivity contribution in [2.45, 2.75) is 39.7 Å². The fraction of sp³-hybridized carbons (Fsp3) is 0.750. The molecule has 0 spiro atoms. The van der Waals surface area contributed by atoms with Crippen molar-refractivity contribution < 1.29 is 0 Å². The van der Waals surface area contributed by atoms with Crippen LogP contribution in [0.2, 0.25) is 0 Å². The minimum atomic E-state index is 0.476. The van der Waals surface area contributed by atoms with Crippen molar-refractivity contribution >= 4 is 0 Å². The minimum Gasteiger partial charge on any atom is -0.182 e. The second-order valence-corrected chi connectivity index (χ2v) is 2.78. The summed E-state index contributed by atoms with van der Waals surface area (Å²) in [6, 6.07) is 0.476. The largest absolute Gasteiger partial charge is 0.182 e. The lowest BCUT2D eigenvalue weighted by atomic mass is 10.2. The average molecular weight is 153 g/mol. The predicted molar refractivity (Wildman–Crippen MR) is 44.4 cm³/mol. The molecule has 0 saturated carbocycles. The molecule has 62 valence electrons. The van der Waals surface area contributed by atoms with Crippen LogP contribution in [0.3, 0.4) is 0 Å². The molecule has 0 radical (unpaired) electrons. The van der Waals surface area contributed by atoms with Crippen LogP contribution in [0.25, 0.3) is 0 Å². The van der Waals surface area contributed by atoms with Crippen LogP contribution in [0.1, 0.15) is 38.4 Å². The zero-order valence-electron chi connectivity index (χ0n) is 7.41. The Bertz CT molecular complexity index is 213. The Hall–Kier alpha value is -0.860. The maximum Gasteiger partial charge on any atom is 0.0796 e. The van der Waals surface area contributed by atoms with Crippen LogP contribution in [0.5, 0.6) is 0 Å². The third kappa shape index (κ3) is 1.79. The molecule has 3 nitrogen and oxygen atoms in total. The minimum absolute atomic E-state index is 0.476. The Labute approximate surface area is 67.4 Å². The SMILES string of the molecule is CCC(CC)n1ncc(C)n1. The van der Waals surface area contributed by atoms with Crippen LogP contribution < -0.4 is 0 Å². The van der Waals surface area contributed by atoms with E-state index in [1.54, 1.807) is 6.20 Å². The van der Waals surface area contributed by atoms with E-state index in [9.17, 15) is 0 Å². The topological polar surface area (TPSA) is 30.7 Å². The molecule has 1 aromatic heterocycles. The molecular weight excluding hydrogens is 138 g/mol. The van der Waals surface area contributed by atoms with Gasteiger partial charge in [0.2, 0.25) is 0 Å². The van der Waals surface area contributed by atoms with Crippen molar-refractivity contribution in [2.75, 3.05) is 0 Å². The Morgan fingerprint density at radius 1 is 1.45 bits per heavy atom. The van der Waals surface area contributed by atoms with Crippen molar-refractivity contribution in [3.05, 3.63) is 11.9 Å². The summed E-state index contributed by atoms with van der Waals surface area (Å²) in [7, 11) is 0. The van der Waals surface area contributed by atoms with Crippen molar-refractivity contribution in [2.24, 2.45) is 0 Å². The lowest BCUT2D eigenvalue weighted by molar-refractivity contribution is 0.381. The molecule has 1 heterocycles. The summed E-state index contributed by atoms with van der Waals surface area (Å²) < 4.78 is 0. The van der Waals surface area contributed by atoms with Gasteiger partial charge in [0.15, 0.2) is 0 Å². The van der Waals surface area contributed by atoms with E-state index < -0.39 is 0 Å². The third-order valence-corrected chi connectivity index (χ3v) is 1.89. The molecule has 0 saturated heterocycles. The second-order valence-electron chi connectivity index (χ2n) is 2.78. The molecule has 0 aliphatic carbocycles. The molecule has 0 aliphatic rings. The summed E-state index contributed by atoms with van der Waals surface area (Å²) in [5.41, 5.74) is 0.997. The summed E-state index contributed by atoms with van der Waals surface area (Å²) in [5.74, 6) is 0. The first kappa shape index (κ1) is 8.24. The summed E-state index contributed by atoms with van der Waals surface area (Å²) in [6.45, 7) is 6.28. The summed E-state index contributed by atoms with van der Waals surface area (Å²) >= 11 is 0. The molecule has 0 aliphatic heterocycles. The second kappa shape index (κ2) is 3.51. The van der Waals surface area contributed by atoms with E-state index >= 15 is 0 Å². The highest BCUT2D eigenvalue weighted by Crippen LogP contribution is 2.11. The zero-order valence-corrected chi connectivity index (χ0v) is 7.41. The highest BCUT2D eigenvalue weighted by molar-refractivity contribution is 4.85. The van der Waals surface area contributed by atoms with Gasteiger partial charge in [-0.3, -0.25) is 0 Å². The van der Waals surface area contributed by atoms with Crippen LogP contribution in [0.15, 0.2) is 6.20 Å². The molecule has 1 aromatic rings. The molecule has 0 unspecified atom stereocenters. The number of aromatic nitrogens is 3. The van der Waals surface area contributed by atoms with Gasteiger partial charge in [-0.15, -0.1) is 0 Å². The van der Waals surface area contributed by atoms with Gasteiger partial charge in [0.1, 0.15) is 0 Å². The zero-order chi connectivity index (χ0) is 8.27. The predicted octanol–water partition coefficient (Wildman–Crippen LogP) is 1.95. The maximum absolute atomic E-state index is 4.26. The Kier molecular flexibility index (Phi) is 2.63. The van der Waals surface area contributed by atoms with Gasteiger partial charge in [-0.25, -0.2) is 0 Å². The van der Waals surface area contributed by atoms with Crippen LogP contribution in [0, 0.1) is 6.92 Å². The molecule has 1 rings (SSSR count). The first-order valence-electron chi connectivity index (χ1n) is 4.16. The molecule has 0 amide bonds. The van der Waals surface area contributed by atoms with E-state index in [2.05, 4.69) is 24.0 Å². The third-order valence-electron chi connectivity index (χ3n) is 1.89. The number of rotatable bonds is 3. The normalized spacial score (nSPS) is 10.9. The van der Waals surface area contributed by atoms with E-state index in [0.717, 1.165) is 18.5 Å². The van der Waals surface area contributed by atoms with E-state index in [0.29, 0.717) is 6.04 Å². The first-order chi connectivity index (χ1) is 5.27. The fourth-order valence-corrected chi connectivity index (χ4v) is 1.15. The Morgan fingerprint density at radius 2 is 2.09 bits per heavy atom. The molecule has 0 fully saturated rings. The lowest BCUT2D eigenvalue weighted by Crippen LogP contribution is -2.10. The first-order valence-corrected chi connectivity index (χ1v) is 4.16. The van der Waals surface area contributed by atoms with Gasteiger partial charge in [0.25, 0.3) is 0 Å². The molecular formula is C8H15N3. The number of hydrogen-bond acceptors (Lipinski definition) is 2. The van der Waals surface area contributed by atoms with Gasteiger partial charge >= 0.3 is 0 Å². The van der Waals surface area contributed by atoms with Crippen LogP contribution in [-0.4, -0.2) is 15.0 Å². The van der Waals surface area contributed by atoms with Gasteiger partial charge < -0.3 is 0 Å². The molecule has 0 N–H and O–H groups in total. The molecule has 0 aromatic carbocycles. The van der Waals surface area contributed by atoms with Crippen molar-refractivity contribution in [3.8, 4) is 0 Å². The highest BCUT2D eigenvalue weighted by atomic mass is 15.5. The highest BCUT2D eigenvalue weighted by Gasteiger charge is 2.06. The summed E-state index contributed by atoms with van der Waals surface area (Å²) in [4.78, 5) is 1.81. The van der Waals surface area contributed by atoms with Gasteiger partial charge in [-0.05, 0) is 19.8 Å². The van der Waals surface area contributed by atoms with E-state index in [1.165, 1.54) is 0 Å². The molecule has 11 heavy (non-hydrogen) atoms. The van der Waals surface area contributed by atoms with Crippen LogP contribution in [-0.2, 0) is 0 Å². The van der Waals surface area contributed by atoms with Gasteiger partial charge in [0.05, 0.1) is 17.9 Å². The number of hydrogen-bond donors (Lipinski definition) is 0. The molecule has 3 heteroatoms. The van der Waals surface area contributed by atoms with E-state index in [4.69, 9.17) is 0 Å². The summed E-state index contributed by atoms with van der Waals surface area (Å²) in [5, 5.41) is 8.42. The van der Waals surface area contributed by atoms with Crippen molar-refractivity contribution in [3.63, 3.8) is 0 Å². The fourth-order valence-electron chi connectivity index (χ4n) is 1.15. The number of aryl methyl sites for hydroxylation is 1. The Balaban J connectivity index is 2.73. The van der Waals surface area contributed by atoms with Gasteiger partial charge in [-0.2, -0.15) is 15.0 Å². The van der Waals surface area contributed by atoms with E-state index in [1.807, 2.05) is 11.7 Å². The van der Waals surface area contributed by atoms with Gasteiger partial charge in [-0.1, -0.05) is 13.8 Å². The van der Waals surface area contributed by atoms with Crippen molar-refractivity contribution in [1.82, 2.24) is 15.0 Å². The molecule has 0 bridgehead atoms. The summed E-state index contributed by atoms with van der Waals surface area (Å²) in [6.07, 6.45) is 4.01. The molecule has 0 atom stereocenters. The van der Waals surface area contributed by atoms with Crippen LogP contribution >= 0.6 is 0 Å². The smallest absolute Gasteiger partial charge is 0.0796 e. The Morgan fingerprint density at radius 3 is 2.45 bits per heavy atom. The van der Waals surface area contributed by atoms with Crippen molar-refractivity contribution in [1.29, 1.82) is 0 Å². The van der Waals surface area contributed by atoms with E-state index in [-0.39, 0.29) is 0 Å². The number of nitrogens with zero attached hydrogens (tertiary/aromatic N) is 3. The van der Waals surface area contributed by atoms with Gasteiger partial charge in [0, 0.05) is 0 Å². The standard InChI is InChI=1S/C8H15N3/c1-4-8(5-2)11-9-6-7(3)10-11/h6,8H,4-5H2,1-3H3. The maximum atomic E-state index is 4.26.